The molecule has 0 spiro atoms. The number of carbonyl (C=O) groups excluding carboxylic acids is 1. The molecule has 0 aliphatic carbocycles. The third-order valence-electron chi connectivity index (χ3n) is 4.60. The minimum atomic E-state index is -0.0946. The van der Waals surface area contributed by atoms with Crippen LogP contribution in [0.3, 0.4) is 0 Å². The number of benzene rings is 2. The molecule has 0 aliphatic rings. The van der Waals surface area contributed by atoms with Gasteiger partial charge in [0.2, 0.25) is 0 Å². The number of fused-ring (bicyclic) bond motifs is 1. The molecule has 0 aliphatic heterocycles. The summed E-state index contributed by atoms with van der Waals surface area (Å²) in [5.74, 6) is 1.43. The number of nitrogens with one attached hydrogen (secondary N) is 2. The highest BCUT2D eigenvalue weighted by molar-refractivity contribution is 5.96. The molecule has 0 radical (unpaired) electrons. The van der Waals surface area contributed by atoms with Gasteiger partial charge in [0.25, 0.3) is 5.91 Å². The molecule has 3 aromatic rings. The maximum absolute atomic E-state index is 12.3. The molecule has 1 aromatic heterocycles. The van der Waals surface area contributed by atoms with Gasteiger partial charge in [-0.15, -0.1) is 12.4 Å². The first-order valence-corrected chi connectivity index (χ1v) is 8.89. The molecular weight excluding hydrogens is 378 g/mol. The lowest BCUT2D eigenvalue weighted by molar-refractivity contribution is 0.0952. The van der Waals surface area contributed by atoms with E-state index in [-0.39, 0.29) is 18.3 Å². The fraction of sp³-hybridized carbons (Fsp3) is 0.286. The van der Waals surface area contributed by atoms with E-state index in [1.807, 2.05) is 25.1 Å². The molecule has 1 amide bonds. The third-order valence-corrected chi connectivity index (χ3v) is 4.60. The molecule has 28 heavy (non-hydrogen) atoms. The lowest BCUT2D eigenvalue weighted by Gasteiger charge is -2.08. The largest absolute Gasteiger partial charge is 0.497 e. The Hall–Kier alpha value is -2.86. The van der Waals surface area contributed by atoms with Gasteiger partial charge in [-0.2, -0.15) is 0 Å². The molecule has 0 fully saturated rings. The van der Waals surface area contributed by atoms with Crippen LogP contribution in [0.4, 0.5) is 5.69 Å². The van der Waals surface area contributed by atoms with E-state index in [0.29, 0.717) is 17.8 Å². The van der Waals surface area contributed by atoms with Gasteiger partial charge in [0.1, 0.15) is 11.5 Å². The number of aryl methyl sites for hydroxylation is 2. The lowest BCUT2D eigenvalue weighted by atomic mass is 10.1. The summed E-state index contributed by atoms with van der Waals surface area (Å²) < 4.78 is 10.7. The summed E-state index contributed by atoms with van der Waals surface area (Å²) in [6.07, 6.45) is 1.63. The number of nitrogen functional groups attached to an aromatic ring is 1. The summed E-state index contributed by atoms with van der Waals surface area (Å²) in [5, 5.41) is 3.98. The summed E-state index contributed by atoms with van der Waals surface area (Å²) in [4.78, 5) is 15.7. The number of carbonyl (C=O) groups is 1. The van der Waals surface area contributed by atoms with E-state index in [0.717, 1.165) is 46.5 Å². The number of hydrogen-bond donors (Lipinski definition) is 3. The van der Waals surface area contributed by atoms with E-state index in [9.17, 15) is 4.79 Å². The van der Waals surface area contributed by atoms with Crippen LogP contribution >= 0.6 is 12.4 Å². The van der Waals surface area contributed by atoms with Crippen LogP contribution < -0.4 is 20.5 Å². The highest BCUT2D eigenvalue weighted by Gasteiger charge is 2.11. The molecule has 0 atom stereocenters. The zero-order chi connectivity index (χ0) is 19.4. The van der Waals surface area contributed by atoms with Gasteiger partial charge in [-0.25, -0.2) is 0 Å². The van der Waals surface area contributed by atoms with E-state index in [2.05, 4.69) is 16.4 Å². The molecule has 0 saturated heterocycles. The van der Waals surface area contributed by atoms with Gasteiger partial charge in [-0.05, 0) is 43.5 Å². The van der Waals surface area contributed by atoms with Crippen molar-refractivity contribution in [2.45, 2.75) is 19.8 Å². The Bertz CT molecular complexity index is 969. The average Bonchev–Trinajstić information content (AvgIpc) is 3.08. The van der Waals surface area contributed by atoms with Crippen molar-refractivity contribution in [2.75, 3.05) is 26.5 Å². The van der Waals surface area contributed by atoms with Crippen molar-refractivity contribution in [3.8, 4) is 11.5 Å². The summed E-state index contributed by atoms with van der Waals surface area (Å²) >= 11 is 0. The molecule has 4 N–H and O–H groups in total. The topological polar surface area (TPSA) is 89.4 Å². The van der Waals surface area contributed by atoms with Crippen LogP contribution in [0.2, 0.25) is 0 Å². The number of aromatic amines is 1. The number of H-pyrrole nitrogens is 1. The molecule has 0 saturated carbocycles. The summed E-state index contributed by atoms with van der Waals surface area (Å²) in [6.45, 7) is 2.49. The Morgan fingerprint density at radius 1 is 1.14 bits per heavy atom. The van der Waals surface area contributed by atoms with Crippen molar-refractivity contribution >= 4 is 34.9 Å². The molecule has 7 heteroatoms. The smallest absolute Gasteiger partial charge is 0.251 e. The van der Waals surface area contributed by atoms with Crippen LogP contribution in [0.25, 0.3) is 10.9 Å². The Kier molecular flexibility index (Phi) is 7.18. The van der Waals surface area contributed by atoms with Crippen LogP contribution in [0.5, 0.6) is 11.5 Å². The summed E-state index contributed by atoms with van der Waals surface area (Å²) in [7, 11) is 3.28. The Morgan fingerprint density at radius 3 is 2.64 bits per heavy atom. The fourth-order valence-electron chi connectivity index (χ4n) is 3.12. The first kappa shape index (κ1) is 21.4. The third kappa shape index (κ3) is 4.70. The van der Waals surface area contributed by atoms with Crippen molar-refractivity contribution in [3.63, 3.8) is 0 Å². The number of rotatable bonds is 7. The number of aromatic nitrogens is 1. The SMILES string of the molecule is COc1cc(OC)c2cc(CCCNC(=O)c3cc(N)ccc3C)[nH]c2c1.Cl. The average molecular weight is 404 g/mol. The highest BCUT2D eigenvalue weighted by Crippen LogP contribution is 2.31. The standard InChI is InChI=1S/C21H25N3O3.ClH/c1-13-6-7-14(22)9-17(13)21(25)23-8-4-5-15-10-18-19(24-15)11-16(26-2)12-20(18)27-3;/h6-7,9-12,24H,4-5,8,22H2,1-3H3,(H,23,25);1H. The number of anilines is 1. The lowest BCUT2D eigenvalue weighted by Crippen LogP contribution is -2.25. The molecule has 0 bridgehead atoms. The Balaban J connectivity index is 0.00000280. The molecule has 6 nitrogen and oxygen atoms in total. The van der Waals surface area contributed by atoms with Crippen LogP contribution in [0.15, 0.2) is 36.4 Å². The van der Waals surface area contributed by atoms with Crippen molar-refractivity contribution in [1.82, 2.24) is 10.3 Å². The van der Waals surface area contributed by atoms with Crippen LogP contribution in [-0.2, 0) is 6.42 Å². The van der Waals surface area contributed by atoms with Gasteiger partial charge in [0, 0.05) is 41.0 Å². The normalized spacial score (nSPS) is 10.4. The predicted octanol–water partition coefficient (Wildman–Crippen LogP) is 3.86. The van der Waals surface area contributed by atoms with E-state index in [4.69, 9.17) is 15.2 Å². The Labute approximate surface area is 170 Å². The van der Waals surface area contributed by atoms with Crippen molar-refractivity contribution < 1.29 is 14.3 Å². The molecule has 2 aromatic carbocycles. The molecule has 3 rings (SSSR count). The number of hydrogen-bond acceptors (Lipinski definition) is 4. The zero-order valence-electron chi connectivity index (χ0n) is 16.3. The molecular formula is C21H26ClN3O3. The maximum atomic E-state index is 12.3. The first-order chi connectivity index (χ1) is 13.0. The van der Waals surface area contributed by atoms with E-state index < -0.39 is 0 Å². The first-order valence-electron chi connectivity index (χ1n) is 8.89. The minimum absolute atomic E-state index is 0. The van der Waals surface area contributed by atoms with Crippen LogP contribution in [-0.4, -0.2) is 31.7 Å². The van der Waals surface area contributed by atoms with Crippen LogP contribution in [0.1, 0.15) is 28.0 Å². The van der Waals surface area contributed by atoms with Gasteiger partial charge < -0.3 is 25.5 Å². The highest BCUT2D eigenvalue weighted by atomic mass is 35.5. The molecule has 0 unspecified atom stereocenters. The minimum Gasteiger partial charge on any atom is -0.497 e. The van der Waals surface area contributed by atoms with Gasteiger partial charge in [-0.3, -0.25) is 4.79 Å². The number of methoxy groups -OCH3 is 2. The van der Waals surface area contributed by atoms with E-state index >= 15 is 0 Å². The zero-order valence-corrected chi connectivity index (χ0v) is 17.1. The predicted molar refractivity (Wildman–Crippen MR) is 115 cm³/mol. The second kappa shape index (κ2) is 9.37. The molecule has 1 heterocycles. The van der Waals surface area contributed by atoms with Crippen molar-refractivity contribution in [1.29, 1.82) is 0 Å². The second-order valence-electron chi connectivity index (χ2n) is 6.52. The van der Waals surface area contributed by atoms with Crippen molar-refractivity contribution in [3.05, 3.63) is 53.2 Å². The Morgan fingerprint density at radius 2 is 1.93 bits per heavy atom. The number of nitrogens with two attached hydrogens (primary N) is 1. The van der Waals surface area contributed by atoms with Crippen molar-refractivity contribution in [2.24, 2.45) is 0 Å². The number of halogens is 1. The monoisotopic (exact) mass is 403 g/mol. The quantitative estimate of drug-likeness (QED) is 0.412. The van der Waals surface area contributed by atoms with Gasteiger partial charge in [-0.1, -0.05) is 6.07 Å². The molecule has 150 valence electrons. The second-order valence-corrected chi connectivity index (χ2v) is 6.52. The number of amides is 1. The van der Waals surface area contributed by atoms with Gasteiger partial charge in [0.15, 0.2) is 0 Å². The fourth-order valence-corrected chi connectivity index (χ4v) is 3.12. The summed E-state index contributed by atoms with van der Waals surface area (Å²) in [5.41, 5.74) is 9.96. The van der Waals surface area contributed by atoms with Gasteiger partial charge >= 0.3 is 0 Å². The van der Waals surface area contributed by atoms with Crippen LogP contribution in [0, 0.1) is 6.92 Å². The van der Waals surface area contributed by atoms with Gasteiger partial charge in [0.05, 0.1) is 19.7 Å². The van der Waals surface area contributed by atoms with E-state index in [1.165, 1.54) is 0 Å². The number of ether oxygens (including phenoxy) is 2. The van der Waals surface area contributed by atoms with E-state index in [1.54, 1.807) is 26.4 Å². The summed E-state index contributed by atoms with van der Waals surface area (Å²) in [6, 6.07) is 11.3. The maximum Gasteiger partial charge on any atom is 0.251 e.